The predicted octanol–water partition coefficient (Wildman–Crippen LogP) is 2.81. The van der Waals surface area contributed by atoms with Crippen molar-refractivity contribution in [1.29, 1.82) is 0 Å². The van der Waals surface area contributed by atoms with E-state index in [0.29, 0.717) is 6.04 Å². The first-order chi connectivity index (χ1) is 9.28. The third-order valence-electron chi connectivity index (χ3n) is 3.59. The van der Waals surface area contributed by atoms with Gasteiger partial charge in [0.2, 0.25) is 0 Å². The van der Waals surface area contributed by atoms with E-state index in [2.05, 4.69) is 59.0 Å². The number of nitrogens with one attached hydrogen (secondary N) is 1. The van der Waals surface area contributed by atoms with Gasteiger partial charge in [0.1, 0.15) is 0 Å². The summed E-state index contributed by atoms with van der Waals surface area (Å²) in [5.74, 6) is 0. The number of nitrogens with zero attached hydrogens (tertiary/aromatic N) is 3. The van der Waals surface area contributed by atoms with Crippen molar-refractivity contribution in [1.82, 2.24) is 19.7 Å². The minimum absolute atomic E-state index is 0.523. The van der Waals surface area contributed by atoms with Crippen molar-refractivity contribution in [3.63, 3.8) is 0 Å². The standard InChI is InChI=1S/C15H24N4/c1-4-14(5-2)19-10-8-13(17-19)12-18-9-6-7-15(18)11-16-3/h6-10,14,16H,4-5,11-12H2,1-3H3. The van der Waals surface area contributed by atoms with Crippen molar-refractivity contribution >= 4 is 0 Å². The maximum Gasteiger partial charge on any atom is 0.0821 e. The summed E-state index contributed by atoms with van der Waals surface area (Å²) < 4.78 is 4.35. The van der Waals surface area contributed by atoms with Crippen LogP contribution >= 0.6 is 0 Å². The molecular formula is C15H24N4. The zero-order valence-electron chi connectivity index (χ0n) is 12.1. The lowest BCUT2D eigenvalue weighted by Crippen LogP contribution is -2.12. The Bertz CT molecular complexity index is 494. The Morgan fingerprint density at radius 2 is 2.00 bits per heavy atom. The van der Waals surface area contributed by atoms with Gasteiger partial charge in [-0.25, -0.2) is 0 Å². The average Bonchev–Trinajstić information content (AvgIpc) is 3.03. The lowest BCUT2D eigenvalue weighted by atomic mass is 10.2. The molecule has 0 atom stereocenters. The molecule has 0 unspecified atom stereocenters. The van der Waals surface area contributed by atoms with Crippen LogP contribution in [-0.4, -0.2) is 21.4 Å². The summed E-state index contributed by atoms with van der Waals surface area (Å²) in [6, 6.07) is 6.88. The van der Waals surface area contributed by atoms with Gasteiger partial charge in [0.25, 0.3) is 0 Å². The van der Waals surface area contributed by atoms with Crippen molar-refractivity contribution < 1.29 is 0 Å². The van der Waals surface area contributed by atoms with E-state index >= 15 is 0 Å². The van der Waals surface area contributed by atoms with E-state index in [1.807, 2.05) is 7.05 Å². The lowest BCUT2D eigenvalue weighted by Gasteiger charge is -2.12. The van der Waals surface area contributed by atoms with Crippen LogP contribution in [0.3, 0.4) is 0 Å². The highest BCUT2D eigenvalue weighted by Crippen LogP contribution is 2.15. The number of hydrogen-bond acceptors (Lipinski definition) is 2. The summed E-state index contributed by atoms with van der Waals surface area (Å²) >= 11 is 0. The third kappa shape index (κ3) is 3.26. The normalized spacial score (nSPS) is 11.4. The minimum atomic E-state index is 0.523. The fourth-order valence-corrected chi connectivity index (χ4v) is 2.45. The monoisotopic (exact) mass is 260 g/mol. The SMILES string of the molecule is CCC(CC)n1ccc(Cn2cccc2CNC)n1. The van der Waals surface area contributed by atoms with Crippen LogP contribution in [0.1, 0.15) is 44.1 Å². The van der Waals surface area contributed by atoms with Gasteiger partial charge in [0.05, 0.1) is 18.3 Å². The molecular weight excluding hydrogens is 236 g/mol. The maximum absolute atomic E-state index is 4.70. The van der Waals surface area contributed by atoms with E-state index < -0.39 is 0 Å². The maximum atomic E-state index is 4.70. The van der Waals surface area contributed by atoms with Gasteiger partial charge < -0.3 is 9.88 Å². The van der Waals surface area contributed by atoms with Crippen LogP contribution in [0.15, 0.2) is 30.6 Å². The number of hydrogen-bond donors (Lipinski definition) is 1. The minimum Gasteiger partial charge on any atom is -0.344 e. The first-order valence-electron chi connectivity index (χ1n) is 7.11. The first-order valence-corrected chi connectivity index (χ1v) is 7.11. The Kier molecular flexibility index (Phi) is 4.80. The Hall–Kier alpha value is -1.55. The van der Waals surface area contributed by atoms with Crippen LogP contribution in [0.2, 0.25) is 0 Å². The number of rotatable bonds is 7. The van der Waals surface area contributed by atoms with Gasteiger partial charge >= 0.3 is 0 Å². The Labute approximate surface area is 115 Å². The van der Waals surface area contributed by atoms with Gasteiger partial charge in [-0.2, -0.15) is 5.10 Å². The fraction of sp³-hybridized carbons (Fsp3) is 0.533. The van der Waals surface area contributed by atoms with Crippen LogP contribution < -0.4 is 5.32 Å². The molecule has 0 amide bonds. The van der Waals surface area contributed by atoms with Gasteiger partial charge in [-0.1, -0.05) is 13.8 Å². The Morgan fingerprint density at radius 3 is 2.68 bits per heavy atom. The molecule has 1 N–H and O–H groups in total. The summed E-state index contributed by atoms with van der Waals surface area (Å²) in [5.41, 5.74) is 2.42. The highest BCUT2D eigenvalue weighted by atomic mass is 15.3. The van der Waals surface area contributed by atoms with Crippen molar-refractivity contribution in [2.75, 3.05) is 7.05 Å². The van der Waals surface area contributed by atoms with Crippen LogP contribution in [0.4, 0.5) is 0 Å². The first kappa shape index (κ1) is 13.9. The Balaban J connectivity index is 2.09. The van der Waals surface area contributed by atoms with Gasteiger partial charge in [-0.3, -0.25) is 4.68 Å². The van der Waals surface area contributed by atoms with Gasteiger partial charge in [0.15, 0.2) is 0 Å². The second-order valence-corrected chi connectivity index (χ2v) is 4.92. The number of aromatic nitrogens is 3. The Morgan fingerprint density at radius 1 is 1.21 bits per heavy atom. The molecule has 2 rings (SSSR count). The molecule has 0 aliphatic heterocycles. The largest absolute Gasteiger partial charge is 0.344 e. The van der Waals surface area contributed by atoms with Crippen LogP contribution in [0, 0.1) is 0 Å². The third-order valence-corrected chi connectivity index (χ3v) is 3.59. The summed E-state index contributed by atoms with van der Waals surface area (Å²) in [4.78, 5) is 0. The molecule has 0 aliphatic carbocycles. The molecule has 4 nitrogen and oxygen atoms in total. The molecule has 0 spiro atoms. The molecule has 0 fully saturated rings. The summed E-state index contributed by atoms with van der Waals surface area (Å²) in [5, 5.41) is 7.90. The molecule has 0 aliphatic rings. The molecule has 0 radical (unpaired) electrons. The van der Waals surface area contributed by atoms with Gasteiger partial charge in [0, 0.05) is 24.6 Å². The molecule has 2 aromatic rings. The van der Waals surface area contributed by atoms with E-state index in [1.165, 1.54) is 5.69 Å². The molecule has 0 aromatic carbocycles. The molecule has 0 saturated heterocycles. The van der Waals surface area contributed by atoms with Crippen LogP contribution in [0.5, 0.6) is 0 Å². The highest BCUT2D eigenvalue weighted by molar-refractivity contribution is 5.10. The van der Waals surface area contributed by atoms with Crippen molar-refractivity contribution in [2.45, 2.75) is 45.8 Å². The summed E-state index contributed by atoms with van der Waals surface area (Å²) in [6.45, 7) is 6.16. The average molecular weight is 260 g/mol. The quantitative estimate of drug-likeness (QED) is 0.830. The van der Waals surface area contributed by atoms with E-state index in [0.717, 1.165) is 31.6 Å². The second kappa shape index (κ2) is 6.57. The summed E-state index contributed by atoms with van der Waals surface area (Å²) in [6.07, 6.45) is 6.48. The molecule has 4 heteroatoms. The predicted molar refractivity (Wildman–Crippen MR) is 78.1 cm³/mol. The molecule has 0 bridgehead atoms. The second-order valence-electron chi connectivity index (χ2n) is 4.92. The molecule has 19 heavy (non-hydrogen) atoms. The summed E-state index contributed by atoms with van der Waals surface area (Å²) in [7, 11) is 1.97. The molecule has 0 saturated carbocycles. The fourth-order valence-electron chi connectivity index (χ4n) is 2.45. The highest BCUT2D eigenvalue weighted by Gasteiger charge is 2.09. The zero-order chi connectivity index (χ0) is 13.7. The van der Waals surface area contributed by atoms with Crippen LogP contribution in [0.25, 0.3) is 0 Å². The smallest absolute Gasteiger partial charge is 0.0821 e. The molecule has 2 aromatic heterocycles. The van der Waals surface area contributed by atoms with Crippen molar-refractivity contribution in [2.24, 2.45) is 0 Å². The van der Waals surface area contributed by atoms with E-state index in [4.69, 9.17) is 5.10 Å². The van der Waals surface area contributed by atoms with E-state index in [9.17, 15) is 0 Å². The molecule has 104 valence electrons. The van der Waals surface area contributed by atoms with Crippen molar-refractivity contribution in [3.8, 4) is 0 Å². The topological polar surface area (TPSA) is 34.8 Å². The zero-order valence-corrected chi connectivity index (χ0v) is 12.1. The van der Waals surface area contributed by atoms with Crippen molar-refractivity contribution in [3.05, 3.63) is 42.0 Å². The lowest BCUT2D eigenvalue weighted by molar-refractivity contribution is 0.424. The van der Waals surface area contributed by atoms with E-state index in [1.54, 1.807) is 0 Å². The van der Waals surface area contributed by atoms with Crippen LogP contribution in [-0.2, 0) is 13.1 Å². The van der Waals surface area contributed by atoms with E-state index in [-0.39, 0.29) is 0 Å². The van der Waals surface area contributed by atoms with Gasteiger partial charge in [-0.05, 0) is 38.1 Å². The molecule has 2 heterocycles. The van der Waals surface area contributed by atoms with Gasteiger partial charge in [-0.15, -0.1) is 0 Å².